The first-order valence-electron chi connectivity index (χ1n) is 6.86. The van der Waals surface area contributed by atoms with Crippen molar-refractivity contribution >= 4 is 5.91 Å². The molecular weight excluding hydrogens is 254 g/mol. The van der Waals surface area contributed by atoms with Crippen LogP contribution in [0.4, 0.5) is 0 Å². The lowest BCUT2D eigenvalue weighted by atomic mass is 10.1. The van der Waals surface area contributed by atoms with Crippen LogP contribution in [0.3, 0.4) is 0 Å². The summed E-state index contributed by atoms with van der Waals surface area (Å²) in [5.41, 5.74) is 1.16. The van der Waals surface area contributed by atoms with Gasteiger partial charge in [-0.3, -0.25) is 4.79 Å². The minimum atomic E-state index is 0.0459. The van der Waals surface area contributed by atoms with Crippen molar-refractivity contribution in [3.05, 3.63) is 42.5 Å². The summed E-state index contributed by atoms with van der Waals surface area (Å²) >= 11 is 0. The summed E-state index contributed by atoms with van der Waals surface area (Å²) in [5.74, 6) is 0.969. The lowest BCUT2D eigenvalue weighted by molar-refractivity contribution is -0.137. The van der Waals surface area contributed by atoms with Crippen LogP contribution in [0.15, 0.2) is 36.9 Å². The maximum atomic E-state index is 11.9. The molecule has 1 aliphatic rings. The van der Waals surface area contributed by atoms with E-state index in [9.17, 15) is 4.79 Å². The van der Waals surface area contributed by atoms with Gasteiger partial charge < -0.3 is 14.4 Å². The van der Waals surface area contributed by atoms with Crippen LogP contribution >= 0.6 is 0 Å². The van der Waals surface area contributed by atoms with Crippen LogP contribution in [0.2, 0.25) is 0 Å². The normalized spacial score (nSPS) is 18.6. The second-order valence-corrected chi connectivity index (χ2v) is 4.88. The summed E-state index contributed by atoms with van der Waals surface area (Å²) in [6, 6.07) is 7.95. The van der Waals surface area contributed by atoms with E-state index >= 15 is 0 Å². The lowest BCUT2D eigenvalue weighted by Gasteiger charge is -2.33. The van der Waals surface area contributed by atoms with Gasteiger partial charge in [0, 0.05) is 25.9 Å². The van der Waals surface area contributed by atoms with Crippen molar-refractivity contribution in [3.8, 4) is 5.75 Å². The highest BCUT2D eigenvalue weighted by molar-refractivity contribution is 5.77. The highest BCUT2D eigenvalue weighted by atomic mass is 16.5. The maximum absolute atomic E-state index is 11.9. The predicted molar refractivity (Wildman–Crippen MR) is 77.8 cm³/mol. The Morgan fingerprint density at radius 1 is 1.60 bits per heavy atom. The molecule has 20 heavy (non-hydrogen) atoms. The molecule has 1 fully saturated rings. The largest absolute Gasteiger partial charge is 0.497 e. The van der Waals surface area contributed by atoms with Crippen LogP contribution < -0.4 is 4.74 Å². The number of rotatable bonds is 5. The van der Waals surface area contributed by atoms with Gasteiger partial charge in [-0.25, -0.2) is 0 Å². The van der Waals surface area contributed by atoms with E-state index in [-0.39, 0.29) is 12.0 Å². The monoisotopic (exact) mass is 275 g/mol. The van der Waals surface area contributed by atoms with Crippen molar-refractivity contribution < 1.29 is 14.3 Å². The third kappa shape index (κ3) is 3.84. The Balaban J connectivity index is 1.95. The number of benzene rings is 1. The Morgan fingerprint density at radius 2 is 2.45 bits per heavy atom. The van der Waals surface area contributed by atoms with Crippen molar-refractivity contribution in [2.45, 2.75) is 18.9 Å². The summed E-state index contributed by atoms with van der Waals surface area (Å²) in [6.45, 7) is 5.51. The fourth-order valence-electron chi connectivity index (χ4n) is 2.38. The van der Waals surface area contributed by atoms with E-state index < -0.39 is 0 Å². The molecular formula is C16H21NO3. The quantitative estimate of drug-likeness (QED) is 0.772. The van der Waals surface area contributed by atoms with Gasteiger partial charge in [0.05, 0.1) is 19.8 Å². The zero-order valence-corrected chi connectivity index (χ0v) is 11.9. The van der Waals surface area contributed by atoms with Gasteiger partial charge in [-0.2, -0.15) is 0 Å². The Morgan fingerprint density at radius 3 is 3.20 bits per heavy atom. The predicted octanol–water partition coefficient (Wildman–Crippen LogP) is 2.04. The van der Waals surface area contributed by atoms with E-state index in [2.05, 4.69) is 12.6 Å². The third-order valence-corrected chi connectivity index (χ3v) is 3.41. The smallest absolute Gasteiger partial charge is 0.226 e. The molecule has 0 aromatic heterocycles. The second kappa shape index (κ2) is 7.10. The van der Waals surface area contributed by atoms with Gasteiger partial charge in [-0.05, 0) is 17.7 Å². The topological polar surface area (TPSA) is 38.8 Å². The Hall–Kier alpha value is -1.81. The molecule has 1 saturated heterocycles. The highest BCUT2D eigenvalue weighted by Gasteiger charge is 2.23. The molecule has 108 valence electrons. The molecule has 1 amide bonds. The number of methoxy groups -OCH3 is 1. The number of amides is 1. The van der Waals surface area contributed by atoms with Crippen LogP contribution in [0, 0.1) is 0 Å². The van der Waals surface area contributed by atoms with Crippen LogP contribution in [0.1, 0.15) is 12.0 Å². The number of morpholine rings is 1. The number of hydrogen-bond donors (Lipinski definition) is 0. The average Bonchev–Trinajstić information content (AvgIpc) is 2.48. The first-order valence-corrected chi connectivity index (χ1v) is 6.86. The SMILES string of the molecule is C=CCC(=O)N1CCOC(Cc2cccc(OC)c2)C1. The van der Waals surface area contributed by atoms with Gasteiger partial charge in [-0.15, -0.1) is 6.58 Å². The molecule has 1 heterocycles. The molecule has 0 bridgehead atoms. The molecule has 0 aliphatic carbocycles. The number of hydrogen-bond acceptors (Lipinski definition) is 3. The fourth-order valence-corrected chi connectivity index (χ4v) is 2.38. The van der Waals surface area contributed by atoms with Gasteiger partial charge in [0.1, 0.15) is 5.75 Å². The van der Waals surface area contributed by atoms with Gasteiger partial charge in [0.2, 0.25) is 5.91 Å². The number of carbonyl (C=O) groups is 1. The molecule has 0 saturated carbocycles. The first-order chi connectivity index (χ1) is 9.72. The summed E-state index contributed by atoms with van der Waals surface area (Å²) in [5, 5.41) is 0. The molecule has 1 aromatic carbocycles. The zero-order valence-electron chi connectivity index (χ0n) is 11.9. The van der Waals surface area contributed by atoms with Crippen molar-refractivity contribution in [2.75, 3.05) is 26.8 Å². The minimum Gasteiger partial charge on any atom is -0.497 e. The molecule has 1 aromatic rings. The van der Waals surface area contributed by atoms with E-state index in [1.807, 2.05) is 23.1 Å². The fraction of sp³-hybridized carbons (Fsp3) is 0.438. The summed E-state index contributed by atoms with van der Waals surface area (Å²) in [6.07, 6.45) is 2.88. The van der Waals surface area contributed by atoms with Gasteiger partial charge >= 0.3 is 0 Å². The Bertz CT molecular complexity index is 473. The van der Waals surface area contributed by atoms with Crippen molar-refractivity contribution in [1.29, 1.82) is 0 Å². The molecule has 4 nitrogen and oxygen atoms in total. The molecule has 0 N–H and O–H groups in total. The van der Waals surface area contributed by atoms with Crippen molar-refractivity contribution in [2.24, 2.45) is 0 Å². The number of nitrogens with zero attached hydrogens (tertiary/aromatic N) is 1. The molecule has 4 heteroatoms. The Labute approximate surface area is 120 Å². The molecule has 0 spiro atoms. The molecule has 1 atom stereocenters. The highest BCUT2D eigenvalue weighted by Crippen LogP contribution is 2.17. The van der Waals surface area contributed by atoms with Gasteiger partial charge in [0.15, 0.2) is 0 Å². The van der Waals surface area contributed by atoms with Crippen LogP contribution in [-0.2, 0) is 16.0 Å². The van der Waals surface area contributed by atoms with E-state index in [4.69, 9.17) is 9.47 Å². The van der Waals surface area contributed by atoms with E-state index in [0.29, 0.717) is 26.1 Å². The zero-order chi connectivity index (χ0) is 14.4. The average molecular weight is 275 g/mol. The second-order valence-electron chi connectivity index (χ2n) is 4.88. The van der Waals surface area contributed by atoms with Gasteiger partial charge in [-0.1, -0.05) is 18.2 Å². The Kier molecular flexibility index (Phi) is 5.18. The van der Waals surface area contributed by atoms with Crippen molar-refractivity contribution in [1.82, 2.24) is 4.90 Å². The number of ether oxygens (including phenoxy) is 2. The lowest BCUT2D eigenvalue weighted by Crippen LogP contribution is -2.46. The van der Waals surface area contributed by atoms with Crippen LogP contribution in [-0.4, -0.2) is 43.7 Å². The third-order valence-electron chi connectivity index (χ3n) is 3.41. The van der Waals surface area contributed by atoms with Crippen LogP contribution in [0.25, 0.3) is 0 Å². The van der Waals surface area contributed by atoms with Crippen LogP contribution in [0.5, 0.6) is 5.75 Å². The van der Waals surface area contributed by atoms with Crippen molar-refractivity contribution in [3.63, 3.8) is 0 Å². The standard InChI is InChI=1S/C16H21NO3/c1-3-5-16(18)17-8-9-20-15(12-17)11-13-6-4-7-14(10-13)19-2/h3-4,6-7,10,15H,1,5,8-9,11-12H2,2H3. The number of carbonyl (C=O) groups excluding carboxylic acids is 1. The minimum absolute atomic E-state index is 0.0459. The first kappa shape index (κ1) is 14.6. The summed E-state index contributed by atoms with van der Waals surface area (Å²) in [7, 11) is 1.66. The van der Waals surface area contributed by atoms with E-state index in [1.165, 1.54) is 0 Å². The molecule has 0 radical (unpaired) electrons. The summed E-state index contributed by atoms with van der Waals surface area (Å²) < 4.78 is 11.0. The summed E-state index contributed by atoms with van der Waals surface area (Å²) in [4.78, 5) is 13.7. The maximum Gasteiger partial charge on any atom is 0.226 e. The van der Waals surface area contributed by atoms with Gasteiger partial charge in [0.25, 0.3) is 0 Å². The molecule has 1 aliphatic heterocycles. The molecule has 2 rings (SSSR count). The molecule has 1 unspecified atom stereocenters. The van der Waals surface area contributed by atoms with E-state index in [0.717, 1.165) is 17.7 Å². The van der Waals surface area contributed by atoms with E-state index in [1.54, 1.807) is 13.2 Å².